The maximum Gasteiger partial charge on any atom is 0.262 e. The molecule has 0 bridgehead atoms. The molecule has 2 saturated heterocycles. The molecular formula is C21H26N4O3. The molecule has 0 radical (unpaired) electrons. The molecule has 1 aromatic carbocycles. The zero-order chi connectivity index (χ0) is 20.0. The number of carbonyl (C=O) groups excluding carboxylic acids is 3. The van der Waals surface area contributed by atoms with E-state index in [0.29, 0.717) is 35.7 Å². The Balaban J connectivity index is 1.55. The van der Waals surface area contributed by atoms with Crippen LogP contribution < -0.4 is 10.2 Å². The Morgan fingerprint density at radius 3 is 2.36 bits per heavy atom. The Morgan fingerprint density at radius 2 is 1.71 bits per heavy atom. The molecule has 1 unspecified atom stereocenters. The number of nitrogens with zero attached hydrogens (tertiary/aromatic N) is 3. The fourth-order valence-electron chi connectivity index (χ4n) is 4.23. The summed E-state index contributed by atoms with van der Waals surface area (Å²) in [6.45, 7) is 11.9. The van der Waals surface area contributed by atoms with Gasteiger partial charge in [-0.05, 0) is 44.9 Å². The van der Waals surface area contributed by atoms with E-state index < -0.39 is 6.04 Å². The molecule has 3 heterocycles. The number of imide groups is 1. The van der Waals surface area contributed by atoms with Crippen LogP contribution in [0.1, 0.15) is 47.4 Å². The predicted molar refractivity (Wildman–Crippen MR) is 106 cm³/mol. The number of fused-ring (bicyclic) bond motifs is 1. The third-order valence-electron chi connectivity index (χ3n) is 5.95. The number of carbonyl (C=O) groups is 3. The van der Waals surface area contributed by atoms with Crippen molar-refractivity contribution >= 4 is 23.4 Å². The second kappa shape index (κ2) is 7.05. The van der Waals surface area contributed by atoms with Gasteiger partial charge in [-0.3, -0.25) is 24.2 Å². The highest BCUT2D eigenvalue weighted by Gasteiger charge is 2.44. The largest absolute Gasteiger partial charge is 0.369 e. The van der Waals surface area contributed by atoms with E-state index in [0.717, 1.165) is 36.8 Å². The van der Waals surface area contributed by atoms with Crippen molar-refractivity contribution in [3.05, 3.63) is 41.6 Å². The average molecular weight is 382 g/mol. The summed E-state index contributed by atoms with van der Waals surface area (Å²) in [7, 11) is 0. The summed E-state index contributed by atoms with van der Waals surface area (Å²) in [5, 5.41) is 2.66. The SMILES string of the molecule is C=C1CCC(N2C(=O)c3ccc(N4CCN(C(C)C)CC4)cc3C2=O)C(=O)N1. The van der Waals surface area contributed by atoms with Gasteiger partial charge in [0.1, 0.15) is 6.04 Å². The van der Waals surface area contributed by atoms with E-state index in [9.17, 15) is 14.4 Å². The molecule has 3 aliphatic heterocycles. The molecule has 3 amide bonds. The van der Waals surface area contributed by atoms with Gasteiger partial charge in [-0.1, -0.05) is 6.58 Å². The van der Waals surface area contributed by atoms with Gasteiger partial charge < -0.3 is 10.2 Å². The number of amides is 3. The Kier molecular flexibility index (Phi) is 4.71. The Hall–Kier alpha value is -2.67. The highest BCUT2D eigenvalue weighted by atomic mass is 16.2. The van der Waals surface area contributed by atoms with Crippen LogP contribution in [0.5, 0.6) is 0 Å². The summed E-state index contributed by atoms with van der Waals surface area (Å²) in [5.74, 6) is -1.10. The van der Waals surface area contributed by atoms with Crippen molar-refractivity contribution in [2.24, 2.45) is 0 Å². The van der Waals surface area contributed by atoms with Crippen LogP contribution >= 0.6 is 0 Å². The number of hydrogen-bond acceptors (Lipinski definition) is 5. The lowest BCUT2D eigenvalue weighted by Gasteiger charge is -2.38. The van der Waals surface area contributed by atoms with Gasteiger partial charge in [0.05, 0.1) is 11.1 Å². The minimum Gasteiger partial charge on any atom is -0.369 e. The van der Waals surface area contributed by atoms with Gasteiger partial charge in [0, 0.05) is 43.6 Å². The van der Waals surface area contributed by atoms with Gasteiger partial charge in [-0.2, -0.15) is 0 Å². The first-order valence-corrected chi connectivity index (χ1v) is 9.86. The van der Waals surface area contributed by atoms with Gasteiger partial charge >= 0.3 is 0 Å². The zero-order valence-electron chi connectivity index (χ0n) is 16.4. The Morgan fingerprint density at radius 1 is 1.04 bits per heavy atom. The lowest BCUT2D eigenvalue weighted by Crippen LogP contribution is -2.51. The van der Waals surface area contributed by atoms with E-state index >= 15 is 0 Å². The van der Waals surface area contributed by atoms with Crippen LogP contribution in [0, 0.1) is 0 Å². The maximum absolute atomic E-state index is 13.0. The molecule has 3 aliphatic rings. The summed E-state index contributed by atoms with van der Waals surface area (Å²) in [4.78, 5) is 43.9. The van der Waals surface area contributed by atoms with Crippen LogP contribution in [0.15, 0.2) is 30.5 Å². The van der Waals surface area contributed by atoms with Crippen LogP contribution in [-0.4, -0.2) is 65.8 Å². The molecule has 148 valence electrons. The van der Waals surface area contributed by atoms with Crippen molar-refractivity contribution in [2.75, 3.05) is 31.1 Å². The molecule has 0 aromatic heterocycles. The molecule has 0 spiro atoms. The lowest BCUT2D eigenvalue weighted by molar-refractivity contribution is -0.125. The van der Waals surface area contributed by atoms with E-state index in [2.05, 4.69) is 35.5 Å². The lowest BCUT2D eigenvalue weighted by atomic mass is 10.0. The third-order valence-corrected chi connectivity index (χ3v) is 5.95. The fraction of sp³-hybridized carbons (Fsp3) is 0.476. The number of nitrogens with one attached hydrogen (secondary N) is 1. The highest BCUT2D eigenvalue weighted by molar-refractivity contribution is 6.23. The topological polar surface area (TPSA) is 73.0 Å². The van der Waals surface area contributed by atoms with E-state index in [-0.39, 0.29) is 17.7 Å². The summed E-state index contributed by atoms with van der Waals surface area (Å²) in [6.07, 6.45) is 0.981. The van der Waals surface area contributed by atoms with E-state index in [4.69, 9.17) is 0 Å². The van der Waals surface area contributed by atoms with Crippen molar-refractivity contribution < 1.29 is 14.4 Å². The molecule has 28 heavy (non-hydrogen) atoms. The molecule has 2 fully saturated rings. The summed E-state index contributed by atoms with van der Waals surface area (Å²) in [5.41, 5.74) is 2.35. The standard InChI is InChI=1S/C21H26N4O3/c1-13(2)23-8-10-24(11-9-23)15-5-6-16-17(12-15)21(28)25(20(16)27)18-7-4-14(3)22-19(18)26/h5-6,12-13,18H,3-4,7-11H2,1-2H3,(H,22,26). The fourth-order valence-corrected chi connectivity index (χ4v) is 4.23. The number of piperazine rings is 1. The Labute approximate surface area is 165 Å². The van der Waals surface area contributed by atoms with Crippen molar-refractivity contribution in [2.45, 2.75) is 38.8 Å². The van der Waals surface area contributed by atoms with Crippen LogP contribution in [0.25, 0.3) is 0 Å². The number of anilines is 1. The van der Waals surface area contributed by atoms with Gasteiger partial charge in [0.25, 0.3) is 11.8 Å². The maximum atomic E-state index is 13.0. The second-order valence-electron chi connectivity index (χ2n) is 7.97. The van der Waals surface area contributed by atoms with Crippen molar-refractivity contribution in [1.82, 2.24) is 15.1 Å². The predicted octanol–water partition coefficient (Wildman–Crippen LogP) is 1.61. The van der Waals surface area contributed by atoms with Crippen LogP contribution in [0.3, 0.4) is 0 Å². The molecule has 7 heteroatoms. The summed E-state index contributed by atoms with van der Waals surface area (Å²) < 4.78 is 0. The number of hydrogen-bond donors (Lipinski definition) is 1. The molecule has 0 saturated carbocycles. The molecule has 1 N–H and O–H groups in total. The minimum atomic E-state index is -0.768. The Bertz CT molecular complexity index is 855. The van der Waals surface area contributed by atoms with Crippen LogP contribution in [0.4, 0.5) is 5.69 Å². The van der Waals surface area contributed by atoms with Crippen molar-refractivity contribution in [1.29, 1.82) is 0 Å². The van der Waals surface area contributed by atoms with E-state index in [1.165, 1.54) is 0 Å². The van der Waals surface area contributed by atoms with Gasteiger partial charge in [0.15, 0.2) is 0 Å². The first-order chi connectivity index (χ1) is 13.4. The quantitative estimate of drug-likeness (QED) is 0.804. The summed E-state index contributed by atoms with van der Waals surface area (Å²) in [6, 6.07) is 5.18. The average Bonchev–Trinajstić information content (AvgIpc) is 2.92. The molecule has 0 aliphatic carbocycles. The number of piperidine rings is 1. The molecule has 4 rings (SSSR count). The van der Waals surface area contributed by atoms with Gasteiger partial charge in [0.2, 0.25) is 5.91 Å². The third kappa shape index (κ3) is 3.09. The van der Waals surface area contributed by atoms with E-state index in [1.54, 1.807) is 12.1 Å². The van der Waals surface area contributed by atoms with E-state index in [1.807, 2.05) is 6.07 Å². The first kappa shape index (κ1) is 18.7. The molecule has 7 nitrogen and oxygen atoms in total. The summed E-state index contributed by atoms with van der Waals surface area (Å²) >= 11 is 0. The van der Waals surface area contributed by atoms with Gasteiger partial charge in [-0.25, -0.2) is 0 Å². The molecular weight excluding hydrogens is 356 g/mol. The second-order valence-corrected chi connectivity index (χ2v) is 7.97. The normalized spacial score (nSPS) is 23.5. The van der Waals surface area contributed by atoms with Crippen molar-refractivity contribution in [3.63, 3.8) is 0 Å². The molecule has 1 aromatic rings. The smallest absolute Gasteiger partial charge is 0.262 e. The molecule has 1 atom stereocenters. The van der Waals surface area contributed by atoms with Crippen molar-refractivity contribution in [3.8, 4) is 0 Å². The number of allylic oxidation sites excluding steroid dienone is 1. The van der Waals surface area contributed by atoms with Crippen LogP contribution in [0.2, 0.25) is 0 Å². The van der Waals surface area contributed by atoms with Gasteiger partial charge in [-0.15, -0.1) is 0 Å². The number of benzene rings is 1. The number of rotatable bonds is 3. The highest BCUT2D eigenvalue weighted by Crippen LogP contribution is 2.31. The zero-order valence-corrected chi connectivity index (χ0v) is 16.4. The first-order valence-electron chi connectivity index (χ1n) is 9.86. The van der Waals surface area contributed by atoms with Crippen LogP contribution in [-0.2, 0) is 4.79 Å². The minimum absolute atomic E-state index is 0.337. The monoisotopic (exact) mass is 382 g/mol.